The highest BCUT2D eigenvalue weighted by molar-refractivity contribution is 5.85. The van der Waals surface area contributed by atoms with Crippen molar-refractivity contribution in [1.29, 1.82) is 0 Å². The smallest absolute Gasteiger partial charge is 0.242 e. The molecule has 2 amide bonds. The Morgan fingerprint density at radius 1 is 1.19 bits per heavy atom. The van der Waals surface area contributed by atoms with Crippen molar-refractivity contribution in [2.45, 2.75) is 71.3 Å². The minimum atomic E-state index is -0.00743. The quantitative estimate of drug-likeness (QED) is 0.809. The molecule has 2 aliphatic rings. The van der Waals surface area contributed by atoms with Gasteiger partial charge in [0.2, 0.25) is 11.8 Å². The maximum Gasteiger partial charge on any atom is 0.242 e. The van der Waals surface area contributed by atoms with Gasteiger partial charge in [-0.1, -0.05) is 32.4 Å². The van der Waals surface area contributed by atoms with Crippen molar-refractivity contribution in [3.63, 3.8) is 0 Å². The van der Waals surface area contributed by atoms with Crippen LogP contribution in [0.3, 0.4) is 0 Å². The standard InChI is InChI=1S/C20H33N5O2/c1-20(2,3)17-14-25(22-21-17)13-16-8-7-11-23(12-16)19(27)15-24-10-6-4-5-9-18(24)26/h14,16H,4-13,15H2,1-3H3. The van der Waals surface area contributed by atoms with Crippen molar-refractivity contribution in [1.82, 2.24) is 24.8 Å². The summed E-state index contributed by atoms with van der Waals surface area (Å²) in [6.45, 7) is 9.67. The molecule has 1 unspecified atom stereocenters. The lowest BCUT2D eigenvalue weighted by Crippen LogP contribution is -2.47. The fourth-order valence-corrected chi connectivity index (χ4v) is 3.91. The molecule has 3 heterocycles. The number of carbonyl (C=O) groups excluding carboxylic acids is 2. The van der Waals surface area contributed by atoms with Gasteiger partial charge in [0.15, 0.2) is 0 Å². The number of carbonyl (C=O) groups is 2. The molecular weight excluding hydrogens is 342 g/mol. The van der Waals surface area contributed by atoms with Crippen LogP contribution in [0.4, 0.5) is 0 Å². The predicted molar refractivity (Wildman–Crippen MR) is 103 cm³/mol. The fourth-order valence-electron chi connectivity index (χ4n) is 3.91. The van der Waals surface area contributed by atoms with E-state index < -0.39 is 0 Å². The molecule has 2 aliphatic heterocycles. The lowest BCUT2D eigenvalue weighted by Gasteiger charge is -2.34. The fraction of sp³-hybridized carbons (Fsp3) is 0.800. The molecule has 0 aliphatic carbocycles. The summed E-state index contributed by atoms with van der Waals surface area (Å²) < 4.78 is 1.91. The summed E-state index contributed by atoms with van der Waals surface area (Å²) in [7, 11) is 0. The van der Waals surface area contributed by atoms with Crippen molar-refractivity contribution in [2.75, 3.05) is 26.2 Å². The zero-order valence-corrected chi connectivity index (χ0v) is 17.0. The van der Waals surface area contributed by atoms with Crippen molar-refractivity contribution in [2.24, 2.45) is 5.92 Å². The van der Waals surface area contributed by atoms with Crippen LogP contribution in [-0.4, -0.2) is 62.8 Å². The van der Waals surface area contributed by atoms with E-state index in [0.29, 0.717) is 12.3 Å². The molecule has 0 spiro atoms. The van der Waals surface area contributed by atoms with Gasteiger partial charge < -0.3 is 9.80 Å². The van der Waals surface area contributed by atoms with Gasteiger partial charge in [-0.25, -0.2) is 0 Å². The van der Waals surface area contributed by atoms with Crippen LogP contribution >= 0.6 is 0 Å². The zero-order valence-electron chi connectivity index (χ0n) is 17.0. The number of amides is 2. The first-order valence-corrected chi connectivity index (χ1v) is 10.3. The van der Waals surface area contributed by atoms with E-state index in [-0.39, 0.29) is 23.8 Å². The van der Waals surface area contributed by atoms with Crippen molar-refractivity contribution in [3.8, 4) is 0 Å². The van der Waals surface area contributed by atoms with Crippen LogP contribution in [0.1, 0.15) is 65.0 Å². The minimum Gasteiger partial charge on any atom is -0.341 e. The summed E-state index contributed by atoms with van der Waals surface area (Å²) in [6.07, 6.45) is 7.74. The van der Waals surface area contributed by atoms with Crippen LogP contribution in [0.5, 0.6) is 0 Å². The van der Waals surface area contributed by atoms with E-state index in [2.05, 4.69) is 31.1 Å². The van der Waals surface area contributed by atoms with Crippen LogP contribution in [0.2, 0.25) is 0 Å². The van der Waals surface area contributed by atoms with Gasteiger partial charge in [0.05, 0.1) is 12.2 Å². The maximum atomic E-state index is 12.8. The van der Waals surface area contributed by atoms with E-state index in [1.165, 1.54) is 0 Å². The lowest BCUT2D eigenvalue weighted by molar-refractivity contribution is -0.141. The number of hydrogen-bond donors (Lipinski definition) is 0. The second kappa shape index (κ2) is 8.40. The molecular formula is C20H33N5O2. The minimum absolute atomic E-state index is 0.00743. The van der Waals surface area contributed by atoms with Gasteiger partial charge in [-0.2, -0.15) is 0 Å². The van der Waals surface area contributed by atoms with Gasteiger partial charge in [-0.05, 0) is 31.6 Å². The van der Waals surface area contributed by atoms with Crippen molar-refractivity contribution >= 4 is 11.8 Å². The van der Waals surface area contributed by atoms with Crippen LogP contribution in [0.25, 0.3) is 0 Å². The second-order valence-electron chi connectivity index (χ2n) is 9.05. The number of likely N-dealkylation sites (tertiary alicyclic amines) is 2. The Kier molecular flexibility index (Phi) is 6.17. The number of rotatable bonds is 4. The van der Waals surface area contributed by atoms with Gasteiger partial charge >= 0.3 is 0 Å². The Bertz CT molecular complexity index is 664. The third-order valence-electron chi connectivity index (χ3n) is 5.62. The Hall–Kier alpha value is -1.92. The molecule has 0 N–H and O–H groups in total. The number of nitrogens with zero attached hydrogens (tertiary/aromatic N) is 5. The SMILES string of the molecule is CC(C)(C)c1cn(CC2CCCN(C(=O)CN3CCCCCC3=O)C2)nn1. The number of piperidine rings is 1. The molecule has 7 nitrogen and oxygen atoms in total. The van der Waals surface area contributed by atoms with Gasteiger partial charge in [-0.15, -0.1) is 5.10 Å². The number of hydrogen-bond acceptors (Lipinski definition) is 4. The first-order valence-electron chi connectivity index (χ1n) is 10.3. The Labute approximate surface area is 162 Å². The Morgan fingerprint density at radius 3 is 2.74 bits per heavy atom. The van der Waals surface area contributed by atoms with E-state index in [0.717, 1.165) is 64.0 Å². The second-order valence-corrected chi connectivity index (χ2v) is 9.05. The molecule has 27 heavy (non-hydrogen) atoms. The van der Waals surface area contributed by atoms with Crippen molar-refractivity contribution in [3.05, 3.63) is 11.9 Å². The highest BCUT2D eigenvalue weighted by Gasteiger charge is 2.27. The average Bonchev–Trinajstić information content (AvgIpc) is 3.00. The molecule has 2 saturated heterocycles. The topological polar surface area (TPSA) is 71.3 Å². The highest BCUT2D eigenvalue weighted by Crippen LogP contribution is 2.22. The largest absolute Gasteiger partial charge is 0.341 e. The molecule has 3 rings (SSSR count). The van der Waals surface area contributed by atoms with Crippen molar-refractivity contribution < 1.29 is 9.59 Å². The third-order valence-corrected chi connectivity index (χ3v) is 5.62. The Morgan fingerprint density at radius 2 is 2.00 bits per heavy atom. The first-order chi connectivity index (χ1) is 12.8. The first kappa shape index (κ1) is 19.8. The number of aromatic nitrogens is 3. The molecule has 7 heteroatoms. The summed E-state index contributed by atoms with van der Waals surface area (Å²) in [4.78, 5) is 28.6. The zero-order chi connectivity index (χ0) is 19.4. The molecule has 1 aromatic heterocycles. The molecule has 0 radical (unpaired) electrons. The van der Waals surface area contributed by atoms with E-state index >= 15 is 0 Å². The molecule has 2 fully saturated rings. The summed E-state index contributed by atoms with van der Waals surface area (Å²) in [5.41, 5.74) is 0.984. The Balaban J connectivity index is 1.54. The van der Waals surface area contributed by atoms with Gasteiger partial charge in [-0.3, -0.25) is 14.3 Å². The summed E-state index contributed by atoms with van der Waals surface area (Å²) in [5.74, 6) is 0.604. The highest BCUT2D eigenvalue weighted by atomic mass is 16.2. The average molecular weight is 376 g/mol. The third kappa shape index (κ3) is 5.30. The van der Waals surface area contributed by atoms with Crippen LogP contribution in [-0.2, 0) is 21.5 Å². The lowest BCUT2D eigenvalue weighted by atomic mass is 9.93. The van der Waals surface area contributed by atoms with Gasteiger partial charge in [0, 0.05) is 44.2 Å². The summed E-state index contributed by atoms with van der Waals surface area (Å²) >= 11 is 0. The van der Waals surface area contributed by atoms with Crippen LogP contribution < -0.4 is 0 Å². The van der Waals surface area contributed by atoms with Gasteiger partial charge in [0.1, 0.15) is 0 Å². The molecule has 0 aromatic carbocycles. The normalized spacial score (nSPS) is 22.0. The molecule has 150 valence electrons. The van der Waals surface area contributed by atoms with Crippen LogP contribution in [0, 0.1) is 5.92 Å². The van der Waals surface area contributed by atoms with E-state index in [1.54, 1.807) is 4.90 Å². The van der Waals surface area contributed by atoms with Crippen LogP contribution in [0.15, 0.2) is 6.20 Å². The summed E-state index contributed by atoms with van der Waals surface area (Å²) in [6, 6.07) is 0. The molecule has 0 bridgehead atoms. The monoisotopic (exact) mass is 375 g/mol. The molecule has 1 aromatic rings. The summed E-state index contributed by atoms with van der Waals surface area (Å²) in [5, 5.41) is 8.56. The van der Waals surface area contributed by atoms with E-state index in [9.17, 15) is 9.59 Å². The van der Waals surface area contributed by atoms with Gasteiger partial charge in [0.25, 0.3) is 0 Å². The van der Waals surface area contributed by atoms with E-state index in [4.69, 9.17) is 0 Å². The molecule has 0 saturated carbocycles. The predicted octanol–water partition coefficient (Wildman–Crippen LogP) is 2.22. The van der Waals surface area contributed by atoms with E-state index in [1.807, 2.05) is 15.8 Å². The maximum absolute atomic E-state index is 12.8. The molecule has 1 atom stereocenters.